The first-order chi connectivity index (χ1) is 19.2. The number of amides is 2. The van der Waals surface area contributed by atoms with Crippen molar-refractivity contribution in [2.24, 2.45) is 0 Å². The summed E-state index contributed by atoms with van der Waals surface area (Å²) in [7, 11) is 0.213. The first kappa shape index (κ1) is 30.3. The Hall–Kier alpha value is -4.25. The van der Waals surface area contributed by atoms with Crippen LogP contribution in [0.1, 0.15) is 19.4 Å². The highest BCUT2D eigenvalue weighted by Gasteiger charge is 2.33. The Labute approximate surface area is 235 Å². The second-order valence-electron chi connectivity index (χ2n) is 8.80. The Kier molecular flexibility index (Phi) is 10.4. The molecular weight excluding hydrogens is 534 g/mol. The molecule has 214 valence electrons. The fraction of sp³-hybridized carbons (Fsp3) is 0.310. The smallest absolute Gasteiger partial charge is 0.264 e. The predicted molar refractivity (Wildman–Crippen MR) is 152 cm³/mol. The molecule has 0 aromatic heterocycles. The number of sulfonamides is 1. The van der Waals surface area contributed by atoms with E-state index in [-0.39, 0.29) is 28.8 Å². The van der Waals surface area contributed by atoms with E-state index in [1.54, 1.807) is 69.5 Å². The molecule has 0 aliphatic rings. The number of rotatable bonds is 13. The third kappa shape index (κ3) is 7.03. The standard InChI is InChI=1S/C29H35N3O7S/c1-6-30-29(34)21(2)31(19-22-11-13-23(37-3)14-12-22)28(33)20-32(26-9-7-8-10-27(26)39-5)40(35,36)25-17-15-24(38-4)16-18-25/h7-18,21H,6,19-20H2,1-5H3,(H,30,34). The van der Waals surface area contributed by atoms with Crippen LogP contribution in [0.3, 0.4) is 0 Å². The number of carbonyl (C=O) groups excluding carboxylic acids is 2. The Balaban J connectivity index is 2.05. The van der Waals surface area contributed by atoms with Gasteiger partial charge in [0.15, 0.2) is 0 Å². The van der Waals surface area contributed by atoms with E-state index in [4.69, 9.17) is 14.2 Å². The van der Waals surface area contributed by atoms with Gasteiger partial charge < -0.3 is 24.4 Å². The number of nitrogens with zero attached hydrogens (tertiary/aromatic N) is 2. The molecule has 11 heteroatoms. The molecule has 0 heterocycles. The summed E-state index contributed by atoms with van der Waals surface area (Å²) in [5.41, 5.74) is 0.927. The molecule has 10 nitrogen and oxygen atoms in total. The first-order valence-electron chi connectivity index (χ1n) is 12.7. The van der Waals surface area contributed by atoms with Gasteiger partial charge in [0.05, 0.1) is 31.9 Å². The summed E-state index contributed by atoms with van der Waals surface area (Å²) in [6, 6.07) is 18.6. The maximum Gasteiger partial charge on any atom is 0.264 e. The van der Waals surface area contributed by atoms with Gasteiger partial charge in [-0.25, -0.2) is 8.42 Å². The number of hydrogen-bond acceptors (Lipinski definition) is 7. The molecular formula is C29H35N3O7S. The fourth-order valence-corrected chi connectivity index (χ4v) is 5.48. The highest BCUT2D eigenvalue weighted by Crippen LogP contribution is 2.33. The van der Waals surface area contributed by atoms with Crippen LogP contribution in [0.5, 0.6) is 17.2 Å². The first-order valence-corrected chi connectivity index (χ1v) is 14.1. The van der Waals surface area contributed by atoms with Crippen molar-refractivity contribution in [3.63, 3.8) is 0 Å². The molecule has 0 saturated carbocycles. The van der Waals surface area contributed by atoms with Crippen molar-refractivity contribution < 1.29 is 32.2 Å². The zero-order valence-corrected chi connectivity index (χ0v) is 24.1. The van der Waals surface area contributed by atoms with Gasteiger partial charge in [-0.3, -0.25) is 13.9 Å². The van der Waals surface area contributed by atoms with Crippen LogP contribution in [0.25, 0.3) is 0 Å². The van der Waals surface area contributed by atoms with Crippen LogP contribution in [-0.2, 0) is 26.2 Å². The summed E-state index contributed by atoms with van der Waals surface area (Å²) in [5, 5.41) is 2.74. The van der Waals surface area contributed by atoms with E-state index in [0.717, 1.165) is 9.87 Å². The molecule has 2 amide bonds. The van der Waals surface area contributed by atoms with E-state index in [9.17, 15) is 18.0 Å². The summed E-state index contributed by atoms with van der Waals surface area (Å²) in [6.45, 7) is 3.27. The van der Waals surface area contributed by atoms with Gasteiger partial charge in [0.1, 0.15) is 29.8 Å². The lowest BCUT2D eigenvalue weighted by Crippen LogP contribution is -2.51. The SMILES string of the molecule is CCNC(=O)C(C)N(Cc1ccc(OC)cc1)C(=O)CN(c1ccccc1OC)S(=O)(=O)c1ccc(OC)cc1. The minimum absolute atomic E-state index is 0.0366. The zero-order chi connectivity index (χ0) is 29.3. The van der Waals surface area contributed by atoms with Gasteiger partial charge >= 0.3 is 0 Å². The van der Waals surface area contributed by atoms with E-state index >= 15 is 0 Å². The van der Waals surface area contributed by atoms with Crippen LogP contribution in [-0.4, -0.2) is 65.6 Å². The molecule has 1 N–H and O–H groups in total. The molecule has 0 aliphatic carbocycles. The highest BCUT2D eigenvalue weighted by molar-refractivity contribution is 7.92. The van der Waals surface area contributed by atoms with E-state index < -0.39 is 28.5 Å². The molecule has 0 aliphatic heterocycles. The fourth-order valence-electron chi connectivity index (χ4n) is 4.06. The number of ether oxygens (including phenoxy) is 3. The summed E-state index contributed by atoms with van der Waals surface area (Å²) >= 11 is 0. The van der Waals surface area contributed by atoms with Gasteiger partial charge in [-0.1, -0.05) is 24.3 Å². The van der Waals surface area contributed by atoms with Gasteiger partial charge in [-0.15, -0.1) is 0 Å². The summed E-state index contributed by atoms with van der Waals surface area (Å²) in [6.07, 6.45) is 0. The Morgan fingerprint density at radius 2 is 1.43 bits per heavy atom. The quantitative estimate of drug-likeness (QED) is 0.335. The average Bonchev–Trinajstić information content (AvgIpc) is 2.98. The normalized spacial score (nSPS) is 11.7. The number of likely N-dealkylation sites (N-methyl/N-ethyl adjacent to an activating group) is 1. The Morgan fingerprint density at radius 1 is 0.850 bits per heavy atom. The zero-order valence-electron chi connectivity index (χ0n) is 23.3. The van der Waals surface area contributed by atoms with Crippen LogP contribution >= 0.6 is 0 Å². The van der Waals surface area contributed by atoms with Crippen LogP contribution in [0.2, 0.25) is 0 Å². The topological polar surface area (TPSA) is 114 Å². The molecule has 3 rings (SSSR count). The van der Waals surface area contributed by atoms with Gasteiger partial charge in [0.25, 0.3) is 10.0 Å². The molecule has 3 aromatic carbocycles. The number of methoxy groups -OCH3 is 3. The van der Waals surface area contributed by atoms with Crippen molar-refractivity contribution in [2.75, 3.05) is 38.7 Å². The van der Waals surface area contributed by atoms with Crippen molar-refractivity contribution in [3.8, 4) is 17.2 Å². The molecule has 1 atom stereocenters. The lowest BCUT2D eigenvalue weighted by atomic mass is 10.1. The lowest BCUT2D eigenvalue weighted by Gasteiger charge is -2.32. The molecule has 0 saturated heterocycles. The van der Waals surface area contributed by atoms with E-state index in [1.165, 1.54) is 43.4 Å². The number of anilines is 1. The lowest BCUT2D eigenvalue weighted by molar-refractivity contribution is -0.139. The van der Waals surface area contributed by atoms with Crippen LogP contribution in [0.15, 0.2) is 77.7 Å². The number of hydrogen-bond donors (Lipinski definition) is 1. The third-order valence-corrected chi connectivity index (χ3v) is 8.08. The third-order valence-electron chi connectivity index (χ3n) is 6.31. The number of benzene rings is 3. The molecule has 0 bridgehead atoms. The van der Waals surface area contributed by atoms with Gasteiger partial charge in [-0.2, -0.15) is 0 Å². The molecule has 1 unspecified atom stereocenters. The van der Waals surface area contributed by atoms with Crippen LogP contribution in [0, 0.1) is 0 Å². The second-order valence-corrected chi connectivity index (χ2v) is 10.7. The van der Waals surface area contributed by atoms with E-state index in [1.807, 2.05) is 0 Å². The van der Waals surface area contributed by atoms with Crippen LogP contribution < -0.4 is 23.8 Å². The van der Waals surface area contributed by atoms with Crippen LogP contribution in [0.4, 0.5) is 5.69 Å². The second kappa shape index (κ2) is 13.7. The van der Waals surface area contributed by atoms with Gasteiger partial charge in [0, 0.05) is 13.1 Å². The highest BCUT2D eigenvalue weighted by atomic mass is 32.2. The molecule has 0 radical (unpaired) electrons. The van der Waals surface area contributed by atoms with Gasteiger partial charge in [-0.05, 0) is 67.9 Å². The minimum Gasteiger partial charge on any atom is -0.497 e. The maximum atomic E-state index is 14.0. The summed E-state index contributed by atoms with van der Waals surface area (Å²) in [5.74, 6) is 0.473. The maximum absolute atomic E-state index is 14.0. The average molecular weight is 570 g/mol. The van der Waals surface area contributed by atoms with Gasteiger partial charge in [0.2, 0.25) is 11.8 Å². The monoisotopic (exact) mass is 569 g/mol. The number of carbonyl (C=O) groups is 2. The van der Waals surface area contributed by atoms with Crippen molar-refractivity contribution in [2.45, 2.75) is 31.3 Å². The molecule has 0 spiro atoms. The Bertz CT molecular complexity index is 1390. The summed E-state index contributed by atoms with van der Waals surface area (Å²) in [4.78, 5) is 28.1. The summed E-state index contributed by atoms with van der Waals surface area (Å²) < 4.78 is 44.7. The van der Waals surface area contributed by atoms with Crippen molar-refractivity contribution >= 4 is 27.5 Å². The largest absolute Gasteiger partial charge is 0.497 e. The van der Waals surface area contributed by atoms with Crippen molar-refractivity contribution in [1.82, 2.24) is 10.2 Å². The Morgan fingerprint density at radius 3 is 1.98 bits per heavy atom. The van der Waals surface area contributed by atoms with Crippen molar-refractivity contribution in [3.05, 3.63) is 78.4 Å². The number of nitrogens with one attached hydrogen (secondary N) is 1. The predicted octanol–water partition coefficient (Wildman–Crippen LogP) is 3.46. The molecule has 3 aromatic rings. The van der Waals surface area contributed by atoms with Crippen molar-refractivity contribution in [1.29, 1.82) is 0 Å². The minimum atomic E-state index is -4.25. The van der Waals surface area contributed by atoms with E-state index in [2.05, 4.69) is 5.32 Å². The number of para-hydroxylation sites is 2. The van der Waals surface area contributed by atoms with E-state index in [0.29, 0.717) is 18.0 Å². The molecule has 0 fully saturated rings. The molecule has 40 heavy (non-hydrogen) atoms.